The van der Waals surface area contributed by atoms with E-state index >= 15 is 0 Å². The van der Waals surface area contributed by atoms with Crippen LogP contribution in [0.5, 0.6) is 0 Å². The first-order chi connectivity index (χ1) is 5.97. The molecule has 0 saturated heterocycles. The van der Waals surface area contributed by atoms with Crippen molar-refractivity contribution in [3.05, 3.63) is 60.7 Å². The Bertz CT molecular complexity index is 303. The van der Waals surface area contributed by atoms with E-state index in [1.54, 1.807) is 0 Å². The normalized spacial score (nSPS) is 8.92. The van der Waals surface area contributed by atoms with Crippen molar-refractivity contribution in [2.75, 3.05) is 0 Å². The molecule has 0 bridgehead atoms. The summed E-state index contributed by atoms with van der Waals surface area (Å²) in [5.74, 6) is 0. The minimum atomic E-state index is 0. The Morgan fingerprint density at radius 3 is 1.08 bits per heavy atom. The minimum absolute atomic E-state index is 0. The van der Waals surface area contributed by atoms with Crippen molar-refractivity contribution < 1.29 is 0 Å². The van der Waals surface area contributed by atoms with Crippen LogP contribution in [0.25, 0.3) is 11.1 Å². The van der Waals surface area contributed by atoms with Gasteiger partial charge in [0.15, 0.2) is 0 Å². The average molecular weight is 233 g/mol. The molecule has 0 heterocycles. The van der Waals surface area contributed by atoms with E-state index in [2.05, 4.69) is 48.5 Å². The van der Waals surface area contributed by atoms with Crippen LogP contribution in [0.4, 0.5) is 0 Å². The van der Waals surface area contributed by atoms with Crippen LogP contribution in [-0.4, -0.2) is 17.1 Å². The standard InChI is InChI=1S/C12H10.Se/c1-3-7-11(8-4-1)12-9-5-2-6-10-12;/h1-10H;. The fourth-order valence-corrected chi connectivity index (χ4v) is 1.26. The zero-order chi connectivity index (χ0) is 8.23. The van der Waals surface area contributed by atoms with Gasteiger partial charge in [-0.05, 0) is 11.1 Å². The Balaban J connectivity index is 0.000000845. The number of hydrogen-bond donors (Lipinski definition) is 0. The van der Waals surface area contributed by atoms with Crippen LogP contribution >= 0.6 is 0 Å². The van der Waals surface area contributed by atoms with Gasteiger partial charge in [-0.1, -0.05) is 60.7 Å². The van der Waals surface area contributed by atoms with Crippen molar-refractivity contribution in [1.82, 2.24) is 0 Å². The largest absolute Gasteiger partial charge is 0.0622 e. The first-order valence-electron chi connectivity index (χ1n) is 4.07. The van der Waals surface area contributed by atoms with Crippen molar-refractivity contribution in [2.45, 2.75) is 0 Å². The zero-order valence-corrected chi connectivity index (χ0v) is 8.89. The molecule has 2 aromatic carbocycles. The SMILES string of the molecule is [Se].c1ccc(-c2ccccc2)cc1. The summed E-state index contributed by atoms with van der Waals surface area (Å²) < 4.78 is 0. The smallest absolute Gasteiger partial charge is 0 e. The van der Waals surface area contributed by atoms with E-state index in [9.17, 15) is 0 Å². The summed E-state index contributed by atoms with van der Waals surface area (Å²) in [4.78, 5) is 0. The van der Waals surface area contributed by atoms with Crippen LogP contribution in [0, 0.1) is 0 Å². The summed E-state index contributed by atoms with van der Waals surface area (Å²) in [7, 11) is 0. The second-order valence-electron chi connectivity index (χ2n) is 2.73. The van der Waals surface area contributed by atoms with Crippen LogP contribution in [-0.2, 0) is 0 Å². The zero-order valence-electron chi connectivity index (χ0n) is 7.18. The van der Waals surface area contributed by atoms with Gasteiger partial charge in [0.2, 0.25) is 0 Å². The third-order valence-corrected chi connectivity index (χ3v) is 1.88. The van der Waals surface area contributed by atoms with E-state index in [4.69, 9.17) is 0 Å². The van der Waals surface area contributed by atoms with E-state index < -0.39 is 0 Å². The summed E-state index contributed by atoms with van der Waals surface area (Å²) in [6, 6.07) is 20.8. The van der Waals surface area contributed by atoms with Gasteiger partial charge in [0.25, 0.3) is 0 Å². The van der Waals surface area contributed by atoms with Crippen LogP contribution in [0.3, 0.4) is 0 Å². The topological polar surface area (TPSA) is 0 Å². The first kappa shape index (κ1) is 10.0. The van der Waals surface area contributed by atoms with Gasteiger partial charge in [0.1, 0.15) is 0 Å². The Kier molecular flexibility index (Phi) is 3.75. The number of benzene rings is 2. The fraction of sp³-hybridized carbons (Fsp3) is 0. The van der Waals surface area contributed by atoms with Crippen molar-refractivity contribution in [2.24, 2.45) is 0 Å². The van der Waals surface area contributed by atoms with Crippen molar-refractivity contribution in [1.29, 1.82) is 0 Å². The van der Waals surface area contributed by atoms with E-state index in [1.165, 1.54) is 11.1 Å². The molecule has 0 atom stereocenters. The molecule has 0 amide bonds. The Morgan fingerprint density at radius 2 is 0.769 bits per heavy atom. The van der Waals surface area contributed by atoms with Crippen LogP contribution in [0.15, 0.2) is 60.7 Å². The van der Waals surface area contributed by atoms with Crippen LogP contribution in [0.2, 0.25) is 0 Å². The predicted octanol–water partition coefficient (Wildman–Crippen LogP) is 2.97. The molecule has 0 fully saturated rings. The van der Waals surface area contributed by atoms with E-state index in [1.807, 2.05) is 12.1 Å². The Morgan fingerprint density at radius 1 is 0.462 bits per heavy atom. The molecule has 0 saturated carbocycles. The van der Waals surface area contributed by atoms with Gasteiger partial charge >= 0.3 is 0 Å². The Labute approximate surface area is 89.1 Å². The maximum Gasteiger partial charge on any atom is 0 e. The average Bonchev–Trinajstić information content (AvgIpc) is 2.21. The Hall–Kier alpha value is -1.04. The van der Waals surface area contributed by atoms with E-state index in [0.29, 0.717) is 0 Å². The van der Waals surface area contributed by atoms with E-state index in [-0.39, 0.29) is 17.1 Å². The minimum Gasteiger partial charge on any atom is -0.0622 e. The molecule has 13 heavy (non-hydrogen) atoms. The van der Waals surface area contributed by atoms with Crippen molar-refractivity contribution >= 4 is 17.1 Å². The molecule has 0 aliphatic carbocycles. The monoisotopic (exact) mass is 234 g/mol. The molecule has 0 aromatic heterocycles. The third-order valence-electron chi connectivity index (χ3n) is 1.88. The van der Waals surface area contributed by atoms with Gasteiger partial charge in [-0.3, -0.25) is 0 Å². The summed E-state index contributed by atoms with van der Waals surface area (Å²) in [5.41, 5.74) is 2.55. The second kappa shape index (κ2) is 4.86. The summed E-state index contributed by atoms with van der Waals surface area (Å²) in [6.07, 6.45) is 0. The molecule has 0 N–H and O–H groups in total. The van der Waals surface area contributed by atoms with E-state index in [0.717, 1.165) is 0 Å². The summed E-state index contributed by atoms with van der Waals surface area (Å²) >= 11 is 0. The predicted molar refractivity (Wildman–Crippen MR) is 57.6 cm³/mol. The van der Waals surface area contributed by atoms with Gasteiger partial charge in [-0.25, -0.2) is 0 Å². The molecule has 0 unspecified atom stereocenters. The van der Waals surface area contributed by atoms with Gasteiger partial charge < -0.3 is 0 Å². The molecule has 0 aliphatic heterocycles. The molecule has 0 spiro atoms. The maximum absolute atomic E-state index is 2.12. The maximum atomic E-state index is 2.12. The first-order valence-corrected chi connectivity index (χ1v) is 4.07. The van der Waals surface area contributed by atoms with Crippen molar-refractivity contribution in [3.8, 4) is 11.1 Å². The molecule has 1 heteroatoms. The molecule has 2 radical (unpaired) electrons. The van der Waals surface area contributed by atoms with Crippen molar-refractivity contribution in [3.63, 3.8) is 0 Å². The van der Waals surface area contributed by atoms with Gasteiger partial charge in [0.05, 0.1) is 0 Å². The van der Waals surface area contributed by atoms with Gasteiger partial charge in [0, 0.05) is 17.1 Å². The third kappa shape index (κ3) is 2.45. The molecule has 64 valence electrons. The number of hydrogen-bond acceptors (Lipinski definition) is 0. The molecular weight excluding hydrogens is 223 g/mol. The summed E-state index contributed by atoms with van der Waals surface area (Å²) in [6.45, 7) is 0. The fourth-order valence-electron chi connectivity index (χ4n) is 1.26. The molecule has 2 aromatic rings. The van der Waals surface area contributed by atoms with Gasteiger partial charge in [-0.2, -0.15) is 0 Å². The quantitative estimate of drug-likeness (QED) is 0.664. The van der Waals surface area contributed by atoms with Crippen LogP contribution < -0.4 is 0 Å². The van der Waals surface area contributed by atoms with Gasteiger partial charge in [-0.15, -0.1) is 0 Å². The molecule has 0 aliphatic rings. The molecular formula is C12H10Se. The molecule has 0 nitrogen and oxygen atoms in total. The number of rotatable bonds is 1. The second-order valence-corrected chi connectivity index (χ2v) is 2.73. The molecule has 2 rings (SSSR count). The van der Waals surface area contributed by atoms with Crippen LogP contribution in [0.1, 0.15) is 0 Å². The summed E-state index contributed by atoms with van der Waals surface area (Å²) in [5, 5.41) is 0.